The molecule has 2 nitrogen and oxygen atoms in total. The number of aryl methyl sites for hydroxylation is 4. The number of benzene rings is 4. The van der Waals surface area contributed by atoms with Gasteiger partial charge in [0.15, 0.2) is 0 Å². The minimum Gasteiger partial charge on any atom is -0.507 e. The summed E-state index contributed by atoms with van der Waals surface area (Å²) in [6.45, 7) is 7.79. The molecule has 0 atom stereocenters. The molecular weight excluding hydrogens is 392 g/mol. The SMILES string of the molecule is Cc1cc(Cc2ccc(-c3ccc(Cc4cc(C)c(O)c(C)c4)cc3)cc2)cc(C)c1O. The Morgan fingerprint density at radius 3 is 1.00 bits per heavy atom. The van der Waals surface area contributed by atoms with Gasteiger partial charge in [-0.25, -0.2) is 0 Å². The van der Waals surface area contributed by atoms with Crippen molar-refractivity contribution in [2.24, 2.45) is 0 Å². The normalized spacial score (nSPS) is 11.0. The van der Waals surface area contributed by atoms with Crippen molar-refractivity contribution in [1.29, 1.82) is 0 Å². The molecule has 2 heteroatoms. The Hall–Kier alpha value is -3.52. The molecule has 0 amide bonds. The standard InChI is InChI=1S/C30H30O2/c1-19-13-25(14-20(2)29(19)31)17-23-5-9-27(10-6-23)28-11-7-24(8-12-28)18-26-15-21(3)30(32)22(4)16-26/h5-16,31-32H,17-18H2,1-4H3. The topological polar surface area (TPSA) is 40.5 Å². The summed E-state index contributed by atoms with van der Waals surface area (Å²) in [6.07, 6.45) is 1.71. The lowest BCUT2D eigenvalue weighted by atomic mass is 9.96. The van der Waals surface area contributed by atoms with Crippen molar-refractivity contribution in [3.05, 3.63) is 117 Å². The van der Waals surface area contributed by atoms with Gasteiger partial charge in [0.05, 0.1) is 0 Å². The molecule has 0 spiro atoms. The van der Waals surface area contributed by atoms with E-state index in [0.29, 0.717) is 11.5 Å². The third kappa shape index (κ3) is 4.70. The summed E-state index contributed by atoms with van der Waals surface area (Å²) in [4.78, 5) is 0. The van der Waals surface area contributed by atoms with Crippen LogP contribution < -0.4 is 0 Å². The smallest absolute Gasteiger partial charge is 0.121 e. The van der Waals surface area contributed by atoms with Gasteiger partial charge in [-0.15, -0.1) is 0 Å². The predicted molar refractivity (Wildman–Crippen MR) is 133 cm³/mol. The first-order valence-corrected chi connectivity index (χ1v) is 11.1. The highest BCUT2D eigenvalue weighted by atomic mass is 16.3. The largest absolute Gasteiger partial charge is 0.507 e. The lowest BCUT2D eigenvalue weighted by molar-refractivity contribution is 0.466. The summed E-state index contributed by atoms with van der Waals surface area (Å²) in [5.74, 6) is 0.784. The number of hydrogen-bond acceptors (Lipinski definition) is 2. The van der Waals surface area contributed by atoms with Crippen LogP contribution in [0, 0.1) is 27.7 Å². The first kappa shape index (κ1) is 21.7. The zero-order chi connectivity index (χ0) is 22.8. The van der Waals surface area contributed by atoms with E-state index in [4.69, 9.17) is 0 Å². The van der Waals surface area contributed by atoms with Crippen LogP contribution in [0.1, 0.15) is 44.5 Å². The molecule has 4 rings (SSSR count). The molecule has 0 heterocycles. The summed E-state index contributed by atoms with van der Waals surface area (Å²) in [5, 5.41) is 20.0. The Labute approximate surface area is 190 Å². The fourth-order valence-electron chi connectivity index (χ4n) is 4.40. The number of phenolic OH excluding ortho intramolecular Hbond substituents is 2. The second-order valence-electron chi connectivity index (χ2n) is 8.90. The van der Waals surface area contributed by atoms with Crippen molar-refractivity contribution >= 4 is 0 Å². The van der Waals surface area contributed by atoms with E-state index in [1.165, 1.54) is 33.4 Å². The Morgan fingerprint density at radius 2 is 0.719 bits per heavy atom. The maximum atomic E-state index is 9.99. The number of aromatic hydroxyl groups is 2. The van der Waals surface area contributed by atoms with E-state index in [1.807, 2.05) is 27.7 Å². The van der Waals surface area contributed by atoms with Gasteiger partial charge in [-0.3, -0.25) is 0 Å². The molecule has 0 unspecified atom stereocenters. The van der Waals surface area contributed by atoms with E-state index in [0.717, 1.165) is 35.1 Å². The van der Waals surface area contributed by atoms with Crippen LogP contribution in [0.5, 0.6) is 11.5 Å². The minimum atomic E-state index is 0.392. The Kier molecular flexibility index (Phi) is 6.05. The maximum absolute atomic E-state index is 9.99. The van der Waals surface area contributed by atoms with E-state index >= 15 is 0 Å². The van der Waals surface area contributed by atoms with Crippen molar-refractivity contribution in [2.45, 2.75) is 40.5 Å². The Morgan fingerprint density at radius 1 is 0.438 bits per heavy atom. The molecule has 0 radical (unpaired) electrons. The molecule has 0 bridgehead atoms. The van der Waals surface area contributed by atoms with Gasteiger partial charge in [0.1, 0.15) is 11.5 Å². The summed E-state index contributed by atoms with van der Waals surface area (Å²) in [7, 11) is 0. The first-order valence-electron chi connectivity index (χ1n) is 11.1. The molecule has 0 saturated carbocycles. The Bertz CT molecular complexity index is 1100. The number of phenols is 2. The molecule has 0 aromatic heterocycles. The van der Waals surface area contributed by atoms with Gasteiger partial charge in [0.2, 0.25) is 0 Å². The molecule has 0 aliphatic heterocycles. The summed E-state index contributed by atoms with van der Waals surface area (Å²) in [6, 6.07) is 25.7. The highest BCUT2D eigenvalue weighted by molar-refractivity contribution is 5.64. The quantitative estimate of drug-likeness (QED) is 0.358. The number of hydrogen-bond donors (Lipinski definition) is 2. The highest BCUT2D eigenvalue weighted by Gasteiger charge is 2.07. The van der Waals surface area contributed by atoms with E-state index in [1.54, 1.807) is 0 Å². The molecule has 4 aromatic carbocycles. The summed E-state index contributed by atoms with van der Waals surface area (Å²) < 4.78 is 0. The molecule has 0 aliphatic carbocycles. The fourth-order valence-corrected chi connectivity index (χ4v) is 4.40. The molecular formula is C30H30O2. The van der Waals surface area contributed by atoms with Gasteiger partial charge in [-0.05, 0) is 96.2 Å². The van der Waals surface area contributed by atoms with Gasteiger partial charge in [0, 0.05) is 0 Å². The van der Waals surface area contributed by atoms with Crippen LogP contribution in [-0.2, 0) is 12.8 Å². The van der Waals surface area contributed by atoms with Crippen molar-refractivity contribution < 1.29 is 10.2 Å². The lowest BCUT2D eigenvalue weighted by Gasteiger charge is -2.10. The summed E-state index contributed by atoms with van der Waals surface area (Å²) >= 11 is 0. The van der Waals surface area contributed by atoms with Crippen LogP contribution in [0.3, 0.4) is 0 Å². The third-order valence-corrected chi connectivity index (χ3v) is 6.16. The highest BCUT2D eigenvalue weighted by Crippen LogP contribution is 2.27. The molecule has 4 aromatic rings. The predicted octanol–water partition coefficient (Wildman–Crippen LogP) is 7.18. The van der Waals surface area contributed by atoms with Crippen molar-refractivity contribution in [3.8, 4) is 22.6 Å². The fraction of sp³-hybridized carbons (Fsp3) is 0.200. The summed E-state index contributed by atoms with van der Waals surface area (Å²) in [5.41, 5.74) is 11.1. The van der Waals surface area contributed by atoms with E-state index < -0.39 is 0 Å². The minimum absolute atomic E-state index is 0.392. The second-order valence-corrected chi connectivity index (χ2v) is 8.90. The molecule has 2 N–H and O–H groups in total. The van der Waals surface area contributed by atoms with Crippen LogP contribution in [-0.4, -0.2) is 10.2 Å². The molecule has 162 valence electrons. The van der Waals surface area contributed by atoms with E-state index in [9.17, 15) is 10.2 Å². The van der Waals surface area contributed by atoms with E-state index in [-0.39, 0.29) is 0 Å². The molecule has 0 aliphatic rings. The van der Waals surface area contributed by atoms with Crippen LogP contribution >= 0.6 is 0 Å². The molecule has 0 saturated heterocycles. The second kappa shape index (κ2) is 8.92. The van der Waals surface area contributed by atoms with Gasteiger partial charge < -0.3 is 10.2 Å². The zero-order valence-corrected chi connectivity index (χ0v) is 19.2. The van der Waals surface area contributed by atoms with Crippen LogP contribution in [0.2, 0.25) is 0 Å². The van der Waals surface area contributed by atoms with E-state index in [2.05, 4.69) is 72.8 Å². The van der Waals surface area contributed by atoms with Gasteiger partial charge in [-0.1, -0.05) is 72.8 Å². The van der Waals surface area contributed by atoms with Crippen LogP contribution in [0.4, 0.5) is 0 Å². The average Bonchev–Trinajstić information content (AvgIpc) is 2.77. The van der Waals surface area contributed by atoms with Gasteiger partial charge in [0.25, 0.3) is 0 Å². The lowest BCUT2D eigenvalue weighted by Crippen LogP contribution is -1.92. The van der Waals surface area contributed by atoms with Crippen molar-refractivity contribution in [2.75, 3.05) is 0 Å². The van der Waals surface area contributed by atoms with Crippen molar-refractivity contribution in [1.82, 2.24) is 0 Å². The average molecular weight is 423 g/mol. The van der Waals surface area contributed by atoms with Crippen LogP contribution in [0.15, 0.2) is 72.8 Å². The first-order chi connectivity index (χ1) is 15.3. The Balaban J connectivity index is 1.46. The monoisotopic (exact) mass is 422 g/mol. The van der Waals surface area contributed by atoms with Crippen LogP contribution in [0.25, 0.3) is 11.1 Å². The zero-order valence-electron chi connectivity index (χ0n) is 19.2. The van der Waals surface area contributed by atoms with Crippen molar-refractivity contribution in [3.63, 3.8) is 0 Å². The third-order valence-electron chi connectivity index (χ3n) is 6.16. The van der Waals surface area contributed by atoms with Gasteiger partial charge in [-0.2, -0.15) is 0 Å². The van der Waals surface area contributed by atoms with Gasteiger partial charge >= 0.3 is 0 Å². The molecule has 0 fully saturated rings. The molecule has 32 heavy (non-hydrogen) atoms. The number of rotatable bonds is 5. The maximum Gasteiger partial charge on any atom is 0.121 e.